The van der Waals surface area contributed by atoms with Crippen LogP contribution in [0.25, 0.3) is 0 Å². The van der Waals surface area contributed by atoms with Crippen molar-refractivity contribution < 1.29 is 9.15 Å². The van der Waals surface area contributed by atoms with Gasteiger partial charge in [-0.1, -0.05) is 0 Å². The minimum Gasteiger partial charge on any atom is -0.472 e. The topological polar surface area (TPSA) is 51.6 Å². The summed E-state index contributed by atoms with van der Waals surface area (Å²) in [7, 11) is 0. The van der Waals surface area contributed by atoms with E-state index in [1.54, 1.807) is 12.5 Å². The maximum absolute atomic E-state index is 6.19. The zero-order valence-corrected chi connectivity index (χ0v) is 9.34. The standard InChI is InChI=1S/C12H18N2O2/c13-12(9-3-5-15-7-9)11-6-14-4-1-2-10(14)8-16-11/h3,5,7,10-12H,1-2,4,6,8,13H2. The predicted octanol–water partition coefficient (Wildman–Crippen LogP) is 1.14. The first-order valence-corrected chi connectivity index (χ1v) is 5.98. The molecule has 0 spiro atoms. The lowest BCUT2D eigenvalue weighted by Crippen LogP contribution is -2.49. The van der Waals surface area contributed by atoms with E-state index in [1.807, 2.05) is 6.07 Å². The van der Waals surface area contributed by atoms with Crippen molar-refractivity contribution in [3.05, 3.63) is 24.2 Å². The van der Waals surface area contributed by atoms with E-state index in [-0.39, 0.29) is 12.1 Å². The molecule has 2 fully saturated rings. The van der Waals surface area contributed by atoms with Crippen LogP contribution in [0.3, 0.4) is 0 Å². The molecule has 0 aliphatic carbocycles. The number of morpholine rings is 1. The van der Waals surface area contributed by atoms with E-state index in [0.29, 0.717) is 6.04 Å². The second kappa shape index (κ2) is 4.20. The van der Waals surface area contributed by atoms with Crippen molar-refractivity contribution in [1.29, 1.82) is 0 Å². The Balaban J connectivity index is 1.67. The average molecular weight is 222 g/mol. The normalized spacial score (nSPS) is 32.6. The zero-order valence-electron chi connectivity index (χ0n) is 9.34. The summed E-state index contributed by atoms with van der Waals surface area (Å²) in [5.74, 6) is 0. The molecule has 3 rings (SSSR count). The number of hydrogen-bond donors (Lipinski definition) is 1. The number of ether oxygens (including phenoxy) is 1. The molecular formula is C12H18N2O2. The van der Waals surface area contributed by atoms with Crippen LogP contribution >= 0.6 is 0 Å². The predicted molar refractivity (Wildman–Crippen MR) is 60.0 cm³/mol. The second-order valence-electron chi connectivity index (χ2n) is 4.75. The first-order valence-electron chi connectivity index (χ1n) is 5.98. The number of hydrogen-bond acceptors (Lipinski definition) is 4. The summed E-state index contributed by atoms with van der Waals surface area (Å²) in [5, 5.41) is 0. The monoisotopic (exact) mass is 222 g/mol. The van der Waals surface area contributed by atoms with Crippen molar-refractivity contribution in [2.45, 2.75) is 31.0 Å². The van der Waals surface area contributed by atoms with Crippen molar-refractivity contribution in [2.75, 3.05) is 19.7 Å². The molecular weight excluding hydrogens is 204 g/mol. The molecule has 0 aromatic carbocycles. The Morgan fingerprint density at radius 2 is 2.44 bits per heavy atom. The third kappa shape index (κ3) is 1.77. The summed E-state index contributed by atoms with van der Waals surface area (Å²) < 4.78 is 10.9. The van der Waals surface area contributed by atoms with Crippen molar-refractivity contribution in [3.8, 4) is 0 Å². The molecule has 0 saturated carbocycles. The van der Waals surface area contributed by atoms with E-state index in [0.717, 1.165) is 18.7 Å². The number of nitrogens with two attached hydrogens (primary N) is 1. The summed E-state index contributed by atoms with van der Waals surface area (Å²) in [5.41, 5.74) is 7.22. The third-order valence-electron chi connectivity index (χ3n) is 3.74. The fourth-order valence-electron chi connectivity index (χ4n) is 2.74. The van der Waals surface area contributed by atoms with Gasteiger partial charge < -0.3 is 14.9 Å². The molecule has 3 atom stereocenters. The summed E-state index contributed by atoms with van der Waals surface area (Å²) in [6.45, 7) is 2.98. The summed E-state index contributed by atoms with van der Waals surface area (Å²) in [4.78, 5) is 2.51. The van der Waals surface area contributed by atoms with Crippen LogP contribution in [0.5, 0.6) is 0 Å². The lowest BCUT2D eigenvalue weighted by atomic mass is 10.0. The molecule has 1 aromatic rings. The molecule has 2 aliphatic rings. The lowest BCUT2D eigenvalue weighted by molar-refractivity contribution is -0.0597. The Morgan fingerprint density at radius 1 is 1.50 bits per heavy atom. The Kier molecular flexibility index (Phi) is 2.71. The zero-order chi connectivity index (χ0) is 11.0. The van der Waals surface area contributed by atoms with Crippen LogP contribution in [0, 0.1) is 0 Å². The van der Waals surface area contributed by atoms with Gasteiger partial charge in [-0.05, 0) is 25.5 Å². The minimum atomic E-state index is -0.0692. The van der Waals surface area contributed by atoms with Crippen molar-refractivity contribution in [1.82, 2.24) is 4.90 Å². The van der Waals surface area contributed by atoms with Crippen LogP contribution in [0.2, 0.25) is 0 Å². The second-order valence-corrected chi connectivity index (χ2v) is 4.75. The highest BCUT2D eigenvalue weighted by Crippen LogP contribution is 2.27. The van der Waals surface area contributed by atoms with E-state index < -0.39 is 0 Å². The molecule has 3 heterocycles. The molecule has 4 heteroatoms. The van der Waals surface area contributed by atoms with Gasteiger partial charge in [0, 0.05) is 18.2 Å². The van der Waals surface area contributed by atoms with Gasteiger partial charge in [-0.2, -0.15) is 0 Å². The third-order valence-corrected chi connectivity index (χ3v) is 3.74. The molecule has 1 aromatic heterocycles. The van der Waals surface area contributed by atoms with Crippen molar-refractivity contribution >= 4 is 0 Å². The smallest absolute Gasteiger partial charge is 0.0951 e. The molecule has 0 amide bonds. The Labute approximate surface area is 95.3 Å². The van der Waals surface area contributed by atoms with Crippen molar-refractivity contribution in [2.24, 2.45) is 5.73 Å². The minimum absolute atomic E-state index is 0.0692. The molecule has 0 radical (unpaired) electrons. The van der Waals surface area contributed by atoms with Crippen LogP contribution in [-0.2, 0) is 4.74 Å². The molecule has 2 saturated heterocycles. The van der Waals surface area contributed by atoms with Crippen molar-refractivity contribution in [3.63, 3.8) is 0 Å². The fourth-order valence-corrected chi connectivity index (χ4v) is 2.74. The van der Waals surface area contributed by atoms with E-state index in [4.69, 9.17) is 14.9 Å². The van der Waals surface area contributed by atoms with E-state index >= 15 is 0 Å². The molecule has 3 unspecified atom stereocenters. The number of furan rings is 1. The van der Waals surface area contributed by atoms with Gasteiger partial charge in [-0.15, -0.1) is 0 Å². The number of rotatable bonds is 2. The first kappa shape index (κ1) is 10.3. The highest BCUT2D eigenvalue weighted by Gasteiger charge is 2.35. The molecule has 16 heavy (non-hydrogen) atoms. The highest BCUT2D eigenvalue weighted by atomic mass is 16.5. The van der Waals surface area contributed by atoms with Gasteiger partial charge in [0.1, 0.15) is 0 Å². The van der Waals surface area contributed by atoms with Gasteiger partial charge in [-0.25, -0.2) is 0 Å². The highest BCUT2D eigenvalue weighted by molar-refractivity contribution is 5.13. The largest absolute Gasteiger partial charge is 0.472 e. The number of nitrogens with zero attached hydrogens (tertiary/aromatic N) is 1. The SMILES string of the molecule is NC(c1ccoc1)C1CN2CCCC2CO1. The van der Waals surface area contributed by atoms with Crippen LogP contribution in [0.1, 0.15) is 24.4 Å². The van der Waals surface area contributed by atoms with Crippen LogP contribution in [-0.4, -0.2) is 36.7 Å². The maximum atomic E-state index is 6.19. The van der Waals surface area contributed by atoms with Gasteiger partial charge in [0.2, 0.25) is 0 Å². The lowest BCUT2D eigenvalue weighted by Gasteiger charge is -2.37. The van der Waals surface area contributed by atoms with Crippen LogP contribution < -0.4 is 5.73 Å². The Bertz CT molecular complexity index is 339. The summed E-state index contributed by atoms with van der Waals surface area (Å²) in [6.07, 6.45) is 6.04. The maximum Gasteiger partial charge on any atom is 0.0951 e. The molecule has 4 nitrogen and oxygen atoms in total. The van der Waals surface area contributed by atoms with Crippen LogP contribution in [0.15, 0.2) is 23.0 Å². The van der Waals surface area contributed by atoms with Gasteiger partial charge in [-0.3, -0.25) is 4.90 Å². The molecule has 2 N–H and O–H groups in total. The molecule has 0 bridgehead atoms. The van der Waals surface area contributed by atoms with Gasteiger partial charge in [0.15, 0.2) is 0 Å². The first-order chi connectivity index (χ1) is 7.84. The summed E-state index contributed by atoms with van der Waals surface area (Å²) >= 11 is 0. The number of fused-ring (bicyclic) bond motifs is 1. The van der Waals surface area contributed by atoms with Gasteiger partial charge in [0.05, 0.1) is 31.3 Å². The molecule has 88 valence electrons. The fraction of sp³-hybridized carbons (Fsp3) is 0.667. The Hall–Kier alpha value is -0.840. The summed E-state index contributed by atoms with van der Waals surface area (Å²) in [6, 6.07) is 2.48. The quantitative estimate of drug-likeness (QED) is 0.815. The average Bonchev–Trinajstić information content (AvgIpc) is 2.98. The van der Waals surface area contributed by atoms with Gasteiger partial charge in [0.25, 0.3) is 0 Å². The molecule has 2 aliphatic heterocycles. The van der Waals surface area contributed by atoms with Crippen LogP contribution in [0.4, 0.5) is 0 Å². The van der Waals surface area contributed by atoms with E-state index in [9.17, 15) is 0 Å². The van der Waals surface area contributed by atoms with Gasteiger partial charge >= 0.3 is 0 Å². The van der Waals surface area contributed by atoms with E-state index in [1.165, 1.54) is 19.4 Å². The Morgan fingerprint density at radius 3 is 3.25 bits per heavy atom. The van der Waals surface area contributed by atoms with E-state index in [2.05, 4.69) is 4.90 Å².